The molecule has 0 saturated heterocycles. The Hall–Kier alpha value is -4.93. The lowest BCUT2D eigenvalue weighted by molar-refractivity contribution is -0.138. The van der Waals surface area contributed by atoms with Gasteiger partial charge in [0.15, 0.2) is 5.65 Å². The van der Waals surface area contributed by atoms with E-state index in [1.807, 2.05) is 19.1 Å². The van der Waals surface area contributed by atoms with Gasteiger partial charge in [0.2, 0.25) is 0 Å². The van der Waals surface area contributed by atoms with Crippen LogP contribution in [0.1, 0.15) is 58.7 Å². The van der Waals surface area contributed by atoms with Gasteiger partial charge in [0, 0.05) is 24.9 Å². The van der Waals surface area contributed by atoms with Crippen molar-refractivity contribution in [3.63, 3.8) is 0 Å². The summed E-state index contributed by atoms with van der Waals surface area (Å²) in [7, 11) is 1.77. The van der Waals surface area contributed by atoms with Crippen molar-refractivity contribution in [2.24, 2.45) is 13.0 Å². The summed E-state index contributed by atoms with van der Waals surface area (Å²) in [6, 6.07) is 16.4. The summed E-state index contributed by atoms with van der Waals surface area (Å²) in [5.41, 5.74) is 3.88. The Bertz CT molecular complexity index is 1900. The summed E-state index contributed by atoms with van der Waals surface area (Å²) >= 11 is 0. The van der Waals surface area contributed by atoms with E-state index in [4.69, 9.17) is 0 Å². The van der Waals surface area contributed by atoms with Crippen molar-refractivity contribution in [3.05, 3.63) is 95.1 Å². The van der Waals surface area contributed by atoms with Gasteiger partial charge in [-0.1, -0.05) is 30.3 Å². The highest BCUT2D eigenvalue weighted by atomic mass is 19.1. The van der Waals surface area contributed by atoms with Crippen molar-refractivity contribution in [1.29, 1.82) is 0 Å². The average Bonchev–Trinajstić information content (AvgIpc) is 3.50. The molecule has 1 N–H and O–H groups in total. The first-order chi connectivity index (χ1) is 20.2. The van der Waals surface area contributed by atoms with E-state index < -0.39 is 29.8 Å². The second-order valence-electron chi connectivity index (χ2n) is 11.0. The molecule has 4 atom stereocenters. The molecule has 5 aromatic rings. The van der Waals surface area contributed by atoms with Crippen LogP contribution in [0.15, 0.2) is 66.9 Å². The number of halogens is 2. The number of carboxylic acid groups (broad SMARTS) is 1. The van der Waals surface area contributed by atoms with Crippen LogP contribution in [0.3, 0.4) is 0 Å². The first kappa shape index (κ1) is 26.0. The highest BCUT2D eigenvalue weighted by molar-refractivity contribution is 5.94. The van der Waals surface area contributed by atoms with Crippen LogP contribution in [0, 0.1) is 11.7 Å². The third-order valence-electron chi connectivity index (χ3n) is 8.30. The van der Waals surface area contributed by atoms with Gasteiger partial charge in [0.25, 0.3) is 5.91 Å². The van der Waals surface area contributed by atoms with Crippen LogP contribution in [-0.2, 0) is 11.8 Å². The zero-order chi connectivity index (χ0) is 29.3. The van der Waals surface area contributed by atoms with E-state index in [-0.39, 0.29) is 29.8 Å². The normalized spacial score (nSPS) is 21.4. The van der Waals surface area contributed by atoms with Gasteiger partial charge in [-0.05, 0) is 60.2 Å². The Morgan fingerprint density at radius 2 is 1.79 bits per heavy atom. The number of hydrogen-bond acceptors (Lipinski definition) is 5. The molecule has 2 aliphatic rings. The van der Waals surface area contributed by atoms with Crippen LogP contribution < -0.4 is 0 Å². The zero-order valence-corrected chi connectivity index (χ0v) is 22.8. The molecule has 1 saturated carbocycles. The Morgan fingerprint density at radius 1 is 1.00 bits per heavy atom. The number of hydrogen-bond donors (Lipinski definition) is 1. The van der Waals surface area contributed by atoms with Crippen LogP contribution in [-0.4, -0.2) is 52.8 Å². The largest absolute Gasteiger partial charge is 0.481 e. The Balaban J connectivity index is 1.29. The highest BCUT2D eigenvalue weighted by Gasteiger charge is 2.44. The molecule has 0 spiro atoms. The minimum absolute atomic E-state index is 0.0947. The van der Waals surface area contributed by atoms with E-state index in [1.54, 1.807) is 60.4 Å². The lowest BCUT2D eigenvalue weighted by Crippen LogP contribution is -2.40. The third-order valence-corrected chi connectivity index (χ3v) is 8.30. The molecular formula is C31H26F2N6O3. The van der Waals surface area contributed by atoms with Crippen LogP contribution in [0.5, 0.6) is 0 Å². The molecule has 212 valence electrons. The number of carboxylic acids is 1. The minimum Gasteiger partial charge on any atom is -0.481 e. The van der Waals surface area contributed by atoms with E-state index >= 15 is 8.78 Å². The number of fused-ring (bicyclic) bond motifs is 2. The molecule has 9 nitrogen and oxygen atoms in total. The number of rotatable bonds is 5. The predicted molar refractivity (Wildman–Crippen MR) is 149 cm³/mol. The lowest BCUT2D eigenvalue weighted by atomic mass is 9.92. The number of aliphatic carboxylic acids is 1. The van der Waals surface area contributed by atoms with E-state index in [0.29, 0.717) is 40.3 Å². The first-order valence-corrected chi connectivity index (χ1v) is 13.7. The van der Waals surface area contributed by atoms with Gasteiger partial charge in [-0.25, -0.2) is 18.3 Å². The van der Waals surface area contributed by atoms with Crippen LogP contribution in [0.4, 0.5) is 8.78 Å². The topological polar surface area (TPSA) is 106 Å². The summed E-state index contributed by atoms with van der Waals surface area (Å²) in [5, 5.41) is 18.3. The van der Waals surface area contributed by atoms with Crippen LogP contribution in [0.25, 0.3) is 28.3 Å². The molecule has 2 aromatic carbocycles. The summed E-state index contributed by atoms with van der Waals surface area (Å²) in [6.07, 6.45) is 0.918. The van der Waals surface area contributed by atoms with Gasteiger partial charge in [-0.3, -0.25) is 14.3 Å². The van der Waals surface area contributed by atoms with E-state index in [1.165, 1.54) is 15.5 Å². The van der Waals surface area contributed by atoms with Gasteiger partial charge in [-0.2, -0.15) is 10.2 Å². The molecule has 0 bridgehead atoms. The Labute approximate surface area is 239 Å². The van der Waals surface area contributed by atoms with Crippen molar-refractivity contribution >= 4 is 17.5 Å². The fraction of sp³-hybridized carbons (Fsp3) is 0.258. The summed E-state index contributed by atoms with van der Waals surface area (Å²) in [5.74, 6) is -2.54. The number of carbonyl (C=O) groups excluding carboxylic acids is 1. The predicted octanol–water partition coefficient (Wildman–Crippen LogP) is 5.35. The van der Waals surface area contributed by atoms with Gasteiger partial charge in [-0.15, -0.1) is 0 Å². The maximum absolute atomic E-state index is 15.3. The smallest absolute Gasteiger partial charge is 0.307 e. The Kier molecular flexibility index (Phi) is 5.93. The molecule has 1 aliphatic heterocycles. The average molecular weight is 569 g/mol. The van der Waals surface area contributed by atoms with Crippen LogP contribution >= 0.6 is 0 Å². The van der Waals surface area contributed by atoms with Crippen molar-refractivity contribution in [2.45, 2.75) is 31.5 Å². The minimum atomic E-state index is -1.32. The molecule has 1 fully saturated rings. The van der Waals surface area contributed by atoms with Gasteiger partial charge < -0.3 is 10.0 Å². The van der Waals surface area contributed by atoms with Gasteiger partial charge in [0.05, 0.1) is 29.9 Å². The maximum atomic E-state index is 15.3. The SMILES string of the molecule is C[C@@H]1c2ccccc2C(F)CN1C(=O)c1cc(-c2ccn(C)n2)n2nc(-c3ccc([C@H]4C[C@@H]4C(=O)O)cc3F)cc2n1. The zero-order valence-electron chi connectivity index (χ0n) is 22.8. The fourth-order valence-electron chi connectivity index (χ4n) is 5.94. The van der Waals surface area contributed by atoms with Crippen LogP contribution in [0.2, 0.25) is 0 Å². The number of alkyl halides is 1. The number of aryl methyl sites for hydroxylation is 1. The molecule has 1 aliphatic carbocycles. The monoisotopic (exact) mass is 568 g/mol. The molecule has 7 rings (SSSR count). The van der Waals surface area contributed by atoms with Crippen molar-refractivity contribution < 1.29 is 23.5 Å². The molecule has 0 radical (unpaired) electrons. The van der Waals surface area contributed by atoms with Crippen molar-refractivity contribution in [3.8, 4) is 22.6 Å². The molecule has 4 heterocycles. The molecule has 1 unspecified atom stereocenters. The summed E-state index contributed by atoms with van der Waals surface area (Å²) in [6.45, 7) is 1.76. The number of nitrogens with zero attached hydrogens (tertiary/aromatic N) is 6. The number of amides is 1. The fourth-order valence-corrected chi connectivity index (χ4v) is 5.94. The molecular weight excluding hydrogens is 542 g/mol. The first-order valence-electron chi connectivity index (χ1n) is 13.7. The lowest BCUT2D eigenvalue weighted by Gasteiger charge is -2.36. The molecule has 3 aromatic heterocycles. The van der Waals surface area contributed by atoms with E-state index in [9.17, 15) is 14.7 Å². The summed E-state index contributed by atoms with van der Waals surface area (Å²) in [4.78, 5) is 31.2. The Morgan fingerprint density at radius 3 is 2.48 bits per heavy atom. The highest BCUT2D eigenvalue weighted by Crippen LogP contribution is 2.48. The molecule has 42 heavy (non-hydrogen) atoms. The van der Waals surface area contributed by atoms with E-state index in [2.05, 4.69) is 15.2 Å². The third kappa shape index (κ3) is 4.23. The molecule has 1 amide bonds. The van der Waals surface area contributed by atoms with Crippen molar-refractivity contribution in [1.82, 2.24) is 29.3 Å². The molecule has 11 heteroatoms. The number of carbonyl (C=O) groups is 2. The number of aromatic nitrogens is 5. The standard InChI is InChI=1S/C31H26F2N6O3/c1-16-18-5-3-4-6-19(18)24(33)15-38(16)30(40)27-13-28(25-9-10-37(2)35-25)39-29(34-27)14-26(36-39)20-8-7-17(11-23(20)32)21-12-22(21)31(41)42/h3-11,13-14,16,21-22,24H,12,15H2,1-2H3,(H,41,42)/t16-,21-,22+,24?/m1/s1. The van der Waals surface area contributed by atoms with Crippen molar-refractivity contribution in [2.75, 3.05) is 6.54 Å². The van der Waals surface area contributed by atoms with Gasteiger partial charge in [0.1, 0.15) is 23.4 Å². The quantitative estimate of drug-likeness (QED) is 0.306. The maximum Gasteiger partial charge on any atom is 0.307 e. The second-order valence-corrected chi connectivity index (χ2v) is 11.0. The second kappa shape index (κ2) is 9.57. The number of benzene rings is 2. The van der Waals surface area contributed by atoms with Gasteiger partial charge >= 0.3 is 5.97 Å². The summed E-state index contributed by atoms with van der Waals surface area (Å²) < 4.78 is 33.6. The van der Waals surface area contributed by atoms with E-state index in [0.717, 1.165) is 5.56 Å².